The second kappa shape index (κ2) is 8.52. The van der Waals surface area contributed by atoms with E-state index in [1.54, 1.807) is 24.4 Å². The molecular weight excluding hydrogens is 372 g/mol. The number of benzene rings is 2. The van der Waals surface area contributed by atoms with Gasteiger partial charge in [-0.15, -0.1) is 0 Å². The minimum absolute atomic E-state index is 0.225. The normalized spacial score (nSPS) is 11.8. The molecule has 7 nitrogen and oxygen atoms in total. The number of pyridine rings is 1. The van der Waals surface area contributed by atoms with Crippen LogP contribution in [0.3, 0.4) is 0 Å². The van der Waals surface area contributed by atoms with E-state index in [-0.39, 0.29) is 12.7 Å². The maximum atomic E-state index is 12.6. The number of nitrogens with one attached hydrogen (secondary N) is 1. The summed E-state index contributed by atoms with van der Waals surface area (Å²) in [5.74, 6) is 2.10. The number of ether oxygens (including phenoxy) is 4. The molecule has 29 heavy (non-hydrogen) atoms. The van der Waals surface area contributed by atoms with Crippen LogP contribution in [0, 0.1) is 0 Å². The zero-order chi connectivity index (χ0) is 20.1. The fourth-order valence-corrected chi connectivity index (χ4v) is 2.89. The molecule has 2 heterocycles. The van der Waals surface area contributed by atoms with E-state index in [1.165, 1.54) is 0 Å². The number of carbonyl (C=O) groups is 1. The van der Waals surface area contributed by atoms with Crippen LogP contribution in [0.5, 0.6) is 23.1 Å². The predicted molar refractivity (Wildman–Crippen MR) is 107 cm³/mol. The number of anilines is 1. The van der Waals surface area contributed by atoms with E-state index in [9.17, 15) is 4.79 Å². The van der Waals surface area contributed by atoms with Crippen molar-refractivity contribution in [3.63, 3.8) is 0 Å². The smallest absolute Gasteiger partial charge is 0.261 e. The van der Waals surface area contributed by atoms with Gasteiger partial charge in [-0.2, -0.15) is 0 Å². The second-order valence-corrected chi connectivity index (χ2v) is 6.25. The Balaban J connectivity index is 1.42. The number of aromatic nitrogens is 1. The van der Waals surface area contributed by atoms with Gasteiger partial charge in [0, 0.05) is 18.0 Å². The van der Waals surface area contributed by atoms with E-state index in [0.717, 1.165) is 5.56 Å². The average Bonchev–Trinajstić information content (AvgIpc) is 3.21. The maximum Gasteiger partial charge on any atom is 0.261 e. The van der Waals surface area contributed by atoms with Crippen molar-refractivity contribution in [3.8, 4) is 23.1 Å². The second-order valence-electron chi connectivity index (χ2n) is 6.25. The molecule has 0 atom stereocenters. The van der Waals surface area contributed by atoms with Gasteiger partial charge in [-0.3, -0.25) is 4.79 Å². The van der Waals surface area contributed by atoms with E-state index in [1.807, 2.05) is 43.3 Å². The van der Waals surface area contributed by atoms with Gasteiger partial charge in [0.1, 0.15) is 17.9 Å². The van der Waals surface area contributed by atoms with Crippen molar-refractivity contribution >= 4 is 11.6 Å². The lowest BCUT2D eigenvalue weighted by Gasteiger charge is -2.11. The molecule has 1 aromatic heterocycles. The number of carbonyl (C=O) groups excluding carboxylic acids is 1. The molecule has 148 valence electrons. The molecule has 1 aliphatic heterocycles. The summed E-state index contributed by atoms with van der Waals surface area (Å²) in [6.45, 7) is 2.85. The van der Waals surface area contributed by atoms with Crippen LogP contribution in [0.1, 0.15) is 22.8 Å². The Kier molecular flexibility index (Phi) is 5.47. The number of rotatable bonds is 7. The van der Waals surface area contributed by atoms with Gasteiger partial charge in [-0.25, -0.2) is 4.98 Å². The topological polar surface area (TPSA) is 78.9 Å². The van der Waals surface area contributed by atoms with Gasteiger partial charge in [0.25, 0.3) is 5.91 Å². The highest BCUT2D eigenvalue weighted by molar-refractivity contribution is 6.05. The first kappa shape index (κ1) is 18.6. The van der Waals surface area contributed by atoms with Crippen molar-refractivity contribution in [3.05, 3.63) is 71.9 Å². The number of hydrogen-bond acceptors (Lipinski definition) is 6. The molecule has 1 amide bonds. The highest BCUT2D eigenvalue weighted by atomic mass is 16.7. The molecule has 4 rings (SSSR count). The summed E-state index contributed by atoms with van der Waals surface area (Å²) in [7, 11) is 0. The number of nitrogens with zero attached hydrogens (tertiary/aromatic N) is 1. The van der Waals surface area contributed by atoms with Crippen molar-refractivity contribution in [2.45, 2.75) is 13.5 Å². The lowest BCUT2D eigenvalue weighted by atomic mass is 10.2. The van der Waals surface area contributed by atoms with Crippen molar-refractivity contribution in [2.75, 3.05) is 18.7 Å². The fourth-order valence-electron chi connectivity index (χ4n) is 2.89. The molecule has 0 saturated heterocycles. The summed E-state index contributed by atoms with van der Waals surface area (Å²) in [6, 6.07) is 16.3. The molecule has 0 bridgehead atoms. The summed E-state index contributed by atoms with van der Waals surface area (Å²) in [5, 5.41) is 2.88. The standard InChI is InChI=1S/C22H20N2O5/c1-2-26-22-18(7-4-10-23-22)21(25)24-16-6-3-5-15(11-16)13-27-17-8-9-19-20(12-17)29-14-28-19/h3-12H,2,13-14H2,1H3,(H,24,25). The monoisotopic (exact) mass is 392 g/mol. The lowest BCUT2D eigenvalue weighted by Crippen LogP contribution is -2.14. The van der Waals surface area contributed by atoms with Crippen LogP contribution in [0.15, 0.2) is 60.8 Å². The van der Waals surface area contributed by atoms with E-state index >= 15 is 0 Å². The van der Waals surface area contributed by atoms with Gasteiger partial charge in [-0.1, -0.05) is 12.1 Å². The molecule has 0 saturated carbocycles. The molecule has 2 aromatic carbocycles. The van der Waals surface area contributed by atoms with E-state index in [2.05, 4.69) is 10.3 Å². The Morgan fingerprint density at radius 3 is 2.86 bits per heavy atom. The Labute approximate surface area is 168 Å². The molecule has 1 aliphatic rings. The first-order valence-corrected chi connectivity index (χ1v) is 9.23. The van der Waals surface area contributed by atoms with Crippen LogP contribution in [0.25, 0.3) is 0 Å². The van der Waals surface area contributed by atoms with Gasteiger partial charge in [-0.05, 0) is 48.9 Å². The van der Waals surface area contributed by atoms with Crippen molar-refractivity contribution in [2.24, 2.45) is 0 Å². The van der Waals surface area contributed by atoms with Gasteiger partial charge in [0.2, 0.25) is 12.7 Å². The molecule has 1 N–H and O–H groups in total. The number of fused-ring (bicyclic) bond motifs is 1. The summed E-state index contributed by atoms with van der Waals surface area (Å²) in [4.78, 5) is 16.7. The minimum atomic E-state index is -0.282. The highest BCUT2D eigenvalue weighted by Crippen LogP contribution is 2.35. The summed E-state index contributed by atoms with van der Waals surface area (Å²) >= 11 is 0. The molecule has 0 radical (unpaired) electrons. The molecule has 0 spiro atoms. The quantitative estimate of drug-likeness (QED) is 0.654. The first-order chi connectivity index (χ1) is 14.2. The average molecular weight is 392 g/mol. The van der Waals surface area contributed by atoms with Crippen molar-refractivity contribution < 1.29 is 23.7 Å². The Morgan fingerprint density at radius 1 is 1.07 bits per heavy atom. The van der Waals surface area contributed by atoms with E-state index in [0.29, 0.717) is 47.6 Å². The molecule has 3 aromatic rings. The van der Waals surface area contributed by atoms with Crippen LogP contribution < -0.4 is 24.3 Å². The van der Waals surface area contributed by atoms with Crippen LogP contribution in [0.2, 0.25) is 0 Å². The van der Waals surface area contributed by atoms with Gasteiger partial charge in [0.15, 0.2) is 11.5 Å². The largest absolute Gasteiger partial charge is 0.489 e. The van der Waals surface area contributed by atoms with Gasteiger partial charge in [0.05, 0.1) is 6.61 Å². The van der Waals surface area contributed by atoms with Crippen molar-refractivity contribution in [1.29, 1.82) is 0 Å². The Bertz CT molecular complexity index is 1020. The summed E-state index contributed by atoms with van der Waals surface area (Å²) in [6.07, 6.45) is 1.59. The maximum absolute atomic E-state index is 12.6. The number of hydrogen-bond donors (Lipinski definition) is 1. The Morgan fingerprint density at radius 2 is 1.97 bits per heavy atom. The first-order valence-electron chi connectivity index (χ1n) is 9.23. The number of amides is 1. The predicted octanol–water partition coefficient (Wildman–Crippen LogP) is 4.04. The highest BCUT2D eigenvalue weighted by Gasteiger charge is 2.15. The van der Waals surface area contributed by atoms with E-state index in [4.69, 9.17) is 18.9 Å². The zero-order valence-electron chi connectivity index (χ0n) is 15.9. The van der Waals surface area contributed by atoms with Crippen molar-refractivity contribution in [1.82, 2.24) is 4.98 Å². The fraction of sp³-hybridized carbons (Fsp3) is 0.182. The molecule has 0 fully saturated rings. The lowest BCUT2D eigenvalue weighted by molar-refractivity contribution is 0.102. The molecular formula is C22H20N2O5. The SMILES string of the molecule is CCOc1ncccc1C(=O)Nc1cccc(COc2ccc3c(c2)OCO3)c1. The third kappa shape index (κ3) is 4.40. The summed E-state index contributed by atoms with van der Waals surface area (Å²) < 4.78 is 21.9. The van der Waals surface area contributed by atoms with Crippen LogP contribution in [-0.2, 0) is 6.61 Å². The minimum Gasteiger partial charge on any atom is -0.489 e. The van der Waals surface area contributed by atoms with Crippen LogP contribution in [0.4, 0.5) is 5.69 Å². The van der Waals surface area contributed by atoms with Crippen LogP contribution >= 0.6 is 0 Å². The van der Waals surface area contributed by atoms with Crippen LogP contribution in [-0.4, -0.2) is 24.3 Å². The van der Waals surface area contributed by atoms with E-state index < -0.39 is 0 Å². The summed E-state index contributed by atoms with van der Waals surface area (Å²) in [5.41, 5.74) is 1.96. The molecule has 0 unspecified atom stereocenters. The van der Waals surface area contributed by atoms with Gasteiger partial charge < -0.3 is 24.3 Å². The molecule has 0 aliphatic carbocycles. The zero-order valence-corrected chi connectivity index (χ0v) is 15.9. The Hall–Kier alpha value is -3.74. The molecule has 7 heteroatoms. The van der Waals surface area contributed by atoms with Gasteiger partial charge >= 0.3 is 0 Å². The third-order valence-corrected chi connectivity index (χ3v) is 4.23. The third-order valence-electron chi connectivity index (χ3n) is 4.23.